The molecule has 2 bridgehead atoms. The van der Waals surface area contributed by atoms with E-state index in [4.69, 9.17) is 14.2 Å². The van der Waals surface area contributed by atoms with Crippen LogP contribution < -0.4 is 9.47 Å². The molecule has 1 saturated carbocycles. The van der Waals surface area contributed by atoms with Gasteiger partial charge in [0.15, 0.2) is 0 Å². The van der Waals surface area contributed by atoms with E-state index in [2.05, 4.69) is 0 Å². The topological polar surface area (TPSA) is 27.7 Å². The smallest absolute Gasteiger partial charge is 0.125 e. The molecule has 1 aromatic carbocycles. The molecule has 0 unspecified atom stereocenters. The highest BCUT2D eigenvalue weighted by Gasteiger charge is 2.48. The van der Waals surface area contributed by atoms with Crippen molar-refractivity contribution in [2.45, 2.75) is 37.2 Å². The monoisotopic (exact) mass is 248 g/mol. The number of benzene rings is 1. The molecule has 1 fully saturated rings. The highest BCUT2D eigenvalue weighted by molar-refractivity contribution is 5.56. The molecule has 0 spiro atoms. The van der Waals surface area contributed by atoms with Gasteiger partial charge in [-0.2, -0.15) is 0 Å². The van der Waals surface area contributed by atoms with E-state index in [0.717, 1.165) is 24.3 Å². The molecule has 1 aromatic rings. The first-order chi connectivity index (χ1) is 8.75. The summed E-state index contributed by atoms with van der Waals surface area (Å²) in [6.45, 7) is 0. The molecular formula is C15H20O3. The van der Waals surface area contributed by atoms with E-state index in [1.807, 2.05) is 19.2 Å². The molecule has 0 aliphatic heterocycles. The van der Waals surface area contributed by atoms with Gasteiger partial charge in [-0.05, 0) is 43.7 Å². The molecule has 0 aromatic heterocycles. The maximum atomic E-state index is 5.90. The third-order valence-electron chi connectivity index (χ3n) is 4.65. The Morgan fingerprint density at radius 2 is 1.61 bits per heavy atom. The molecule has 0 radical (unpaired) electrons. The summed E-state index contributed by atoms with van der Waals surface area (Å²) in [5.74, 6) is 2.52. The van der Waals surface area contributed by atoms with E-state index in [0.29, 0.717) is 5.92 Å². The predicted octanol–water partition coefficient (Wildman–Crippen LogP) is 3.22. The van der Waals surface area contributed by atoms with Gasteiger partial charge in [0.2, 0.25) is 0 Å². The summed E-state index contributed by atoms with van der Waals surface area (Å²) in [5.41, 5.74) is 2.38. The zero-order valence-corrected chi connectivity index (χ0v) is 11.3. The second-order valence-corrected chi connectivity index (χ2v) is 5.23. The van der Waals surface area contributed by atoms with Gasteiger partial charge in [-0.15, -0.1) is 0 Å². The zero-order valence-electron chi connectivity index (χ0n) is 11.3. The summed E-state index contributed by atoms with van der Waals surface area (Å²) in [6, 6.07) is 4.01. The maximum absolute atomic E-state index is 5.90. The van der Waals surface area contributed by atoms with E-state index < -0.39 is 0 Å². The van der Waals surface area contributed by atoms with Gasteiger partial charge in [0, 0.05) is 18.2 Å². The van der Waals surface area contributed by atoms with Crippen LogP contribution in [0.25, 0.3) is 0 Å². The third-order valence-corrected chi connectivity index (χ3v) is 4.65. The van der Waals surface area contributed by atoms with Crippen molar-refractivity contribution in [3.8, 4) is 11.5 Å². The van der Waals surface area contributed by atoms with Crippen LogP contribution in [0.15, 0.2) is 12.1 Å². The SMILES string of the molecule is COc1ccc(OC)c2c1C1CCC2(OC)CC1. The number of rotatable bonds is 3. The molecule has 0 saturated heterocycles. The predicted molar refractivity (Wildman–Crippen MR) is 69.4 cm³/mol. The summed E-state index contributed by atoms with van der Waals surface area (Å²) in [4.78, 5) is 0. The van der Waals surface area contributed by atoms with Gasteiger partial charge in [-0.25, -0.2) is 0 Å². The lowest BCUT2D eigenvalue weighted by atomic mass is 9.63. The lowest BCUT2D eigenvalue weighted by Gasteiger charge is -2.47. The number of ether oxygens (including phenoxy) is 3. The van der Waals surface area contributed by atoms with E-state index in [9.17, 15) is 0 Å². The quantitative estimate of drug-likeness (QED) is 0.822. The Kier molecular flexibility index (Phi) is 2.74. The summed E-state index contributed by atoms with van der Waals surface area (Å²) < 4.78 is 17.0. The average Bonchev–Trinajstić information content (AvgIpc) is 2.47. The first kappa shape index (κ1) is 11.8. The van der Waals surface area contributed by atoms with Crippen LogP contribution in [0.5, 0.6) is 11.5 Å². The molecule has 0 N–H and O–H groups in total. The lowest BCUT2D eigenvalue weighted by molar-refractivity contribution is -0.0616. The molecule has 3 nitrogen and oxygen atoms in total. The Labute approximate surface area is 108 Å². The van der Waals surface area contributed by atoms with Gasteiger partial charge >= 0.3 is 0 Å². The number of methoxy groups -OCH3 is 3. The van der Waals surface area contributed by atoms with Crippen LogP contribution in [0.2, 0.25) is 0 Å². The van der Waals surface area contributed by atoms with Crippen molar-refractivity contribution >= 4 is 0 Å². The molecule has 98 valence electrons. The van der Waals surface area contributed by atoms with Crippen molar-refractivity contribution in [2.75, 3.05) is 21.3 Å². The number of hydrogen-bond acceptors (Lipinski definition) is 3. The van der Waals surface area contributed by atoms with E-state index in [1.54, 1.807) is 14.2 Å². The summed E-state index contributed by atoms with van der Waals surface area (Å²) >= 11 is 0. The minimum atomic E-state index is -0.163. The second kappa shape index (κ2) is 4.16. The van der Waals surface area contributed by atoms with E-state index in [1.165, 1.54) is 24.0 Å². The molecule has 0 amide bonds. The van der Waals surface area contributed by atoms with Crippen molar-refractivity contribution in [1.82, 2.24) is 0 Å². The highest BCUT2D eigenvalue weighted by Crippen LogP contribution is 2.58. The Hall–Kier alpha value is -1.22. The lowest BCUT2D eigenvalue weighted by Crippen LogP contribution is -2.40. The highest BCUT2D eigenvalue weighted by atomic mass is 16.5. The second-order valence-electron chi connectivity index (χ2n) is 5.23. The van der Waals surface area contributed by atoms with Crippen molar-refractivity contribution in [2.24, 2.45) is 0 Å². The van der Waals surface area contributed by atoms with Crippen molar-refractivity contribution < 1.29 is 14.2 Å². The Bertz CT molecular complexity index is 459. The van der Waals surface area contributed by atoms with Crippen LogP contribution in [0, 0.1) is 0 Å². The maximum Gasteiger partial charge on any atom is 0.125 e. The van der Waals surface area contributed by atoms with Crippen LogP contribution in [-0.2, 0) is 10.3 Å². The van der Waals surface area contributed by atoms with Gasteiger partial charge in [-0.3, -0.25) is 0 Å². The van der Waals surface area contributed by atoms with Gasteiger partial charge < -0.3 is 14.2 Å². The molecule has 3 aliphatic carbocycles. The van der Waals surface area contributed by atoms with Gasteiger partial charge in [0.05, 0.1) is 19.8 Å². The fraction of sp³-hybridized carbons (Fsp3) is 0.600. The Balaban J connectivity index is 2.27. The first-order valence-corrected chi connectivity index (χ1v) is 6.56. The van der Waals surface area contributed by atoms with Crippen LogP contribution in [0.4, 0.5) is 0 Å². The molecule has 0 heterocycles. The summed E-state index contributed by atoms with van der Waals surface area (Å²) in [6.07, 6.45) is 4.55. The first-order valence-electron chi connectivity index (χ1n) is 6.56. The molecule has 4 rings (SSSR count). The Morgan fingerprint density at radius 3 is 2.17 bits per heavy atom. The normalized spacial score (nSPS) is 28.9. The Morgan fingerprint density at radius 1 is 1.00 bits per heavy atom. The standard InChI is InChI=1S/C15H20O3/c1-16-11-4-5-12(17-2)14-13(11)10-6-8-15(14,18-3)9-7-10/h4-5,10H,6-9H2,1-3H3. The van der Waals surface area contributed by atoms with Crippen molar-refractivity contribution in [3.63, 3.8) is 0 Å². The van der Waals surface area contributed by atoms with Gasteiger partial charge in [-0.1, -0.05) is 0 Å². The zero-order chi connectivity index (χ0) is 12.8. The van der Waals surface area contributed by atoms with E-state index in [-0.39, 0.29) is 5.60 Å². The van der Waals surface area contributed by atoms with Crippen molar-refractivity contribution in [1.29, 1.82) is 0 Å². The summed E-state index contributed by atoms with van der Waals surface area (Å²) in [7, 11) is 5.28. The fourth-order valence-electron chi connectivity index (χ4n) is 3.73. The fourth-order valence-corrected chi connectivity index (χ4v) is 3.73. The average molecular weight is 248 g/mol. The number of hydrogen-bond donors (Lipinski definition) is 0. The molecule has 18 heavy (non-hydrogen) atoms. The number of fused-ring (bicyclic) bond motifs is 2. The minimum Gasteiger partial charge on any atom is -0.496 e. The molecule has 3 heteroatoms. The van der Waals surface area contributed by atoms with Gasteiger partial charge in [0.25, 0.3) is 0 Å². The summed E-state index contributed by atoms with van der Waals surface area (Å²) in [5, 5.41) is 0. The molecule has 0 atom stereocenters. The third kappa shape index (κ3) is 1.40. The molecular weight excluding hydrogens is 228 g/mol. The largest absolute Gasteiger partial charge is 0.496 e. The van der Waals surface area contributed by atoms with Crippen LogP contribution >= 0.6 is 0 Å². The van der Waals surface area contributed by atoms with Crippen molar-refractivity contribution in [3.05, 3.63) is 23.3 Å². The molecule has 3 aliphatic rings. The van der Waals surface area contributed by atoms with Gasteiger partial charge in [0.1, 0.15) is 11.5 Å². The minimum absolute atomic E-state index is 0.163. The van der Waals surface area contributed by atoms with E-state index >= 15 is 0 Å². The van der Waals surface area contributed by atoms with Crippen LogP contribution in [-0.4, -0.2) is 21.3 Å². The van der Waals surface area contributed by atoms with Crippen LogP contribution in [0.3, 0.4) is 0 Å². The van der Waals surface area contributed by atoms with Crippen LogP contribution in [0.1, 0.15) is 42.7 Å².